The van der Waals surface area contributed by atoms with Crippen molar-refractivity contribution in [3.05, 3.63) is 53.7 Å². The number of halogens is 2. The predicted molar refractivity (Wildman–Crippen MR) is 121 cm³/mol. The van der Waals surface area contributed by atoms with Crippen LogP contribution >= 0.6 is 0 Å². The number of carbonyl (C=O) groups is 3. The molecule has 0 radical (unpaired) electrons. The molecule has 2 heterocycles. The van der Waals surface area contributed by atoms with Crippen LogP contribution in [-0.2, 0) is 20.7 Å². The van der Waals surface area contributed by atoms with Gasteiger partial charge in [-0.05, 0) is 38.1 Å². The Morgan fingerprint density at radius 2 is 1.91 bits per heavy atom. The number of carbonyl (C=O) groups excluding carboxylic acids is 3. The molecule has 3 amide bonds. The van der Waals surface area contributed by atoms with Crippen LogP contribution in [0.1, 0.15) is 26.3 Å². The number of hydrogen-bond donors (Lipinski definition) is 3. The van der Waals surface area contributed by atoms with Crippen molar-refractivity contribution in [3.8, 4) is 0 Å². The lowest BCUT2D eigenvalue weighted by Crippen LogP contribution is -2.56. The zero-order valence-corrected chi connectivity index (χ0v) is 19.3. The Bertz CT molecular complexity index is 1080. The van der Waals surface area contributed by atoms with Crippen molar-refractivity contribution < 1.29 is 27.9 Å². The Balaban J connectivity index is 1.84. The van der Waals surface area contributed by atoms with Crippen LogP contribution in [-0.4, -0.2) is 48.3 Å². The van der Waals surface area contributed by atoms with Gasteiger partial charge in [0.05, 0.1) is 11.7 Å². The number of nitrogens with one attached hydrogen (secondary N) is 3. The van der Waals surface area contributed by atoms with Gasteiger partial charge in [-0.1, -0.05) is 19.9 Å². The Hall–Kier alpha value is -3.60. The van der Waals surface area contributed by atoms with Crippen molar-refractivity contribution in [2.45, 2.75) is 45.5 Å². The number of nitrogens with zero attached hydrogens (tertiary/aromatic N) is 2. The summed E-state index contributed by atoms with van der Waals surface area (Å²) in [6.45, 7) is 5.21. The van der Waals surface area contributed by atoms with Crippen LogP contribution in [0.15, 0.2) is 36.5 Å². The first-order chi connectivity index (χ1) is 16.1. The van der Waals surface area contributed by atoms with E-state index in [1.165, 1.54) is 11.1 Å². The van der Waals surface area contributed by atoms with Crippen molar-refractivity contribution in [3.63, 3.8) is 0 Å². The van der Waals surface area contributed by atoms with Crippen molar-refractivity contribution >= 4 is 29.4 Å². The van der Waals surface area contributed by atoms with E-state index < -0.39 is 47.6 Å². The topological polar surface area (TPSA) is 113 Å². The van der Waals surface area contributed by atoms with Crippen molar-refractivity contribution in [1.82, 2.24) is 15.6 Å². The maximum atomic E-state index is 13.9. The summed E-state index contributed by atoms with van der Waals surface area (Å²) in [5.74, 6) is -2.46. The fraction of sp³-hybridized carbons (Fsp3) is 0.391. The number of aromatic nitrogens is 1. The zero-order chi connectivity index (χ0) is 25.0. The van der Waals surface area contributed by atoms with Crippen LogP contribution in [0.25, 0.3) is 0 Å². The monoisotopic (exact) mass is 475 g/mol. The van der Waals surface area contributed by atoms with E-state index in [1.54, 1.807) is 40.0 Å². The maximum absolute atomic E-state index is 13.9. The van der Waals surface area contributed by atoms with E-state index in [2.05, 4.69) is 20.9 Å². The molecular weight excluding hydrogens is 448 g/mol. The highest BCUT2D eigenvalue weighted by Crippen LogP contribution is 2.32. The molecule has 182 valence electrons. The Morgan fingerprint density at radius 1 is 1.18 bits per heavy atom. The highest BCUT2D eigenvalue weighted by Gasteiger charge is 2.41. The number of benzene rings is 1. The Kier molecular flexibility index (Phi) is 7.77. The van der Waals surface area contributed by atoms with Gasteiger partial charge in [0.15, 0.2) is 6.23 Å². The summed E-state index contributed by atoms with van der Waals surface area (Å²) in [6, 6.07) is 4.57. The van der Waals surface area contributed by atoms with Gasteiger partial charge in [0.2, 0.25) is 5.91 Å². The lowest BCUT2D eigenvalue weighted by Gasteiger charge is -2.31. The van der Waals surface area contributed by atoms with E-state index in [4.69, 9.17) is 4.74 Å². The van der Waals surface area contributed by atoms with Gasteiger partial charge >= 0.3 is 6.09 Å². The normalized spacial score (nSPS) is 16.6. The molecule has 0 bridgehead atoms. The van der Waals surface area contributed by atoms with Gasteiger partial charge < -0.3 is 15.4 Å². The molecule has 34 heavy (non-hydrogen) atoms. The molecule has 0 saturated heterocycles. The summed E-state index contributed by atoms with van der Waals surface area (Å²) >= 11 is 0. The molecule has 1 aliphatic rings. The molecule has 11 heteroatoms. The summed E-state index contributed by atoms with van der Waals surface area (Å²) in [7, 11) is 1.63. The number of fused-ring (bicyclic) bond motifs is 1. The fourth-order valence-electron chi connectivity index (χ4n) is 3.49. The van der Waals surface area contributed by atoms with Gasteiger partial charge in [0.1, 0.15) is 23.5 Å². The molecule has 0 saturated carbocycles. The molecule has 9 nitrogen and oxygen atoms in total. The highest BCUT2D eigenvalue weighted by atomic mass is 19.1. The minimum Gasteiger partial charge on any atom is -0.424 e. The van der Waals surface area contributed by atoms with Gasteiger partial charge in [-0.3, -0.25) is 19.8 Å². The van der Waals surface area contributed by atoms with Gasteiger partial charge in [0, 0.05) is 24.2 Å². The van der Waals surface area contributed by atoms with Crippen LogP contribution < -0.4 is 20.9 Å². The molecule has 0 spiro atoms. The summed E-state index contributed by atoms with van der Waals surface area (Å²) in [5, 5.41) is 7.71. The Labute approximate surface area is 195 Å². The number of anilines is 2. The summed E-state index contributed by atoms with van der Waals surface area (Å²) < 4.78 is 32.8. The third-order valence-corrected chi connectivity index (χ3v) is 5.48. The number of pyridine rings is 1. The van der Waals surface area contributed by atoms with Crippen LogP contribution in [0.5, 0.6) is 0 Å². The lowest BCUT2D eigenvalue weighted by molar-refractivity contribution is -0.130. The number of rotatable bonds is 7. The molecule has 3 rings (SSSR count). The maximum Gasteiger partial charge on any atom is 0.413 e. The lowest BCUT2D eigenvalue weighted by atomic mass is 10.0. The van der Waals surface area contributed by atoms with E-state index in [9.17, 15) is 23.2 Å². The van der Waals surface area contributed by atoms with E-state index in [0.29, 0.717) is 11.4 Å². The van der Waals surface area contributed by atoms with Crippen LogP contribution in [0.4, 0.5) is 25.1 Å². The molecule has 0 aliphatic carbocycles. The average Bonchev–Trinajstić information content (AvgIpc) is 3.15. The van der Waals surface area contributed by atoms with E-state index in [0.717, 1.165) is 18.2 Å². The quantitative estimate of drug-likeness (QED) is 0.568. The highest BCUT2D eigenvalue weighted by molar-refractivity contribution is 6.01. The molecule has 0 unspecified atom stereocenters. The number of hydrogen-bond acceptors (Lipinski definition) is 6. The van der Waals surface area contributed by atoms with Gasteiger partial charge in [-0.2, -0.15) is 0 Å². The smallest absolute Gasteiger partial charge is 0.413 e. The molecule has 3 N–H and O–H groups in total. The Morgan fingerprint density at radius 3 is 2.59 bits per heavy atom. The summed E-state index contributed by atoms with van der Waals surface area (Å²) in [6.07, 6.45) is -0.544. The minimum absolute atomic E-state index is 0.139. The predicted octanol–water partition coefficient (Wildman–Crippen LogP) is 2.57. The van der Waals surface area contributed by atoms with Crippen molar-refractivity contribution in [2.24, 2.45) is 5.92 Å². The average molecular weight is 475 g/mol. The first kappa shape index (κ1) is 25.0. The van der Waals surface area contributed by atoms with Gasteiger partial charge in [0.25, 0.3) is 5.91 Å². The molecule has 0 fully saturated rings. The SMILES string of the molecule is CN[C@@H](C)C(=O)N[C@H](C(=O)N1c2ncccc2C[C@@H]1OC(=O)Nc1cc(F)ccc1F)C(C)C. The molecular formula is C23H27F2N5O4. The van der Waals surface area contributed by atoms with Crippen LogP contribution in [0, 0.1) is 17.6 Å². The third-order valence-electron chi connectivity index (χ3n) is 5.48. The standard InChI is InChI=1S/C23H27F2N5O4/c1-12(2)19(29-21(31)13(3)26-4)22(32)30-18(10-14-6-5-9-27-20(14)30)34-23(33)28-17-11-15(24)7-8-16(17)25/h5-9,11-13,18-19,26H,10H2,1-4H3,(H,28,33)(H,29,31)/t13-,18-,19-/m0/s1. The second-order valence-electron chi connectivity index (χ2n) is 8.25. The molecule has 1 aromatic carbocycles. The molecule has 1 aliphatic heterocycles. The number of likely N-dealkylation sites (N-methyl/N-ethyl adjacent to an activating group) is 1. The van der Waals surface area contributed by atoms with E-state index in [1.807, 2.05) is 0 Å². The van der Waals surface area contributed by atoms with Crippen molar-refractivity contribution in [1.29, 1.82) is 0 Å². The van der Waals surface area contributed by atoms with Crippen LogP contribution in [0.2, 0.25) is 0 Å². The molecule has 1 aromatic heterocycles. The fourth-order valence-corrected chi connectivity index (χ4v) is 3.49. The van der Waals surface area contributed by atoms with E-state index in [-0.39, 0.29) is 18.2 Å². The first-order valence-electron chi connectivity index (χ1n) is 10.8. The second-order valence-corrected chi connectivity index (χ2v) is 8.25. The zero-order valence-electron chi connectivity index (χ0n) is 19.3. The van der Waals surface area contributed by atoms with E-state index >= 15 is 0 Å². The second kappa shape index (κ2) is 10.6. The largest absolute Gasteiger partial charge is 0.424 e. The van der Waals surface area contributed by atoms with Crippen molar-refractivity contribution in [2.75, 3.05) is 17.3 Å². The number of amides is 3. The number of ether oxygens (including phenoxy) is 1. The molecule has 3 atom stereocenters. The molecule has 2 aromatic rings. The third kappa shape index (κ3) is 5.48. The minimum atomic E-state index is -1.10. The summed E-state index contributed by atoms with van der Waals surface area (Å²) in [4.78, 5) is 44.0. The van der Waals surface area contributed by atoms with Crippen LogP contribution in [0.3, 0.4) is 0 Å². The van der Waals surface area contributed by atoms with Gasteiger partial charge in [-0.25, -0.2) is 18.6 Å². The van der Waals surface area contributed by atoms with Gasteiger partial charge in [-0.15, -0.1) is 0 Å². The summed E-state index contributed by atoms with van der Waals surface area (Å²) in [5.41, 5.74) is 0.257. The first-order valence-corrected chi connectivity index (χ1v) is 10.8.